The molecule has 5 heteroatoms. The maximum atomic E-state index is 11.2. The van der Waals surface area contributed by atoms with Crippen molar-refractivity contribution in [1.29, 1.82) is 0 Å². The fourth-order valence-electron chi connectivity index (χ4n) is 2.11. The van der Waals surface area contributed by atoms with Crippen molar-refractivity contribution in [3.05, 3.63) is 23.5 Å². The molecule has 102 valence electrons. The summed E-state index contributed by atoms with van der Waals surface area (Å²) < 4.78 is 5.20. The minimum Gasteiger partial charge on any atom is -0.407 e. The summed E-state index contributed by atoms with van der Waals surface area (Å²) in [5, 5.41) is 4.19. The zero-order valence-corrected chi connectivity index (χ0v) is 11.5. The second-order valence-corrected chi connectivity index (χ2v) is 4.51. The number of aromatic amines is 1. The Labute approximate surface area is 112 Å². The first-order valence-electron chi connectivity index (χ1n) is 6.48. The van der Waals surface area contributed by atoms with Gasteiger partial charge in [-0.05, 0) is 37.6 Å². The first kappa shape index (κ1) is 13.5. The van der Waals surface area contributed by atoms with Gasteiger partial charge in [0.15, 0.2) is 0 Å². The number of aromatic nitrogens is 2. The predicted octanol–water partition coefficient (Wildman–Crippen LogP) is 1.95. The average Bonchev–Trinajstić information content (AvgIpc) is 2.78. The SMILES string of the molecule is CCNCCc1c[nH]c2c(C)cnc(OC(C)=O)c12. The number of nitrogens with one attached hydrogen (secondary N) is 2. The first-order valence-corrected chi connectivity index (χ1v) is 6.48. The molecule has 0 amide bonds. The number of hydrogen-bond donors (Lipinski definition) is 2. The lowest BCUT2D eigenvalue weighted by Gasteiger charge is -2.06. The molecule has 0 unspecified atom stereocenters. The Morgan fingerprint density at radius 3 is 3.00 bits per heavy atom. The number of aryl methyl sites for hydroxylation is 1. The largest absolute Gasteiger partial charge is 0.407 e. The van der Waals surface area contributed by atoms with Gasteiger partial charge in [0.2, 0.25) is 5.88 Å². The zero-order valence-electron chi connectivity index (χ0n) is 11.5. The molecule has 0 aliphatic heterocycles. The molecule has 5 nitrogen and oxygen atoms in total. The maximum absolute atomic E-state index is 11.2. The lowest BCUT2D eigenvalue weighted by atomic mass is 10.1. The van der Waals surface area contributed by atoms with Gasteiger partial charge in [0.1, 0.15) is 0 Å². The molecule has 2 aromatic heterocycles. The Kier molecular flexibility index (Phi) is 4.16. The number of carbonyl (C=O) groups excluding carboxylic acids is 1. The van der Waals surface area contributed by atoms with E-state index >= 15 is 0 Å². The summed E-state index contributed by atoms with van der Waals surface area (Å²) in [4.78, 5) is 18.6. The monoisotopic (exact) mass is 261 g/mol. The van der Waals surface area contributed by atoms with Gasteiger partial charge < -0.3 is 15.0 Å². The molecular weight excluding hydrogens is 242 g/mol. The second kappa shape index (κ2) is 5.84. The van der Waals surface area contributed by atoms with Gasteiger partial charge in [-0.3, -0.25) is 4.79 Å². The van der Waals surface area contributed by atoms with Crippen molar-refractivity contribution in [2.24, 2.45) is 0 Å². The number of rotatable bonds is 5. The highest BCUT2D eigenvalue weighted by Gasteiger charge is 2.14. The summed E-state index contributed by atoms with van der Waals surface area (Å²) >= 11 is 0. The number of carbonyl (C=O) groups is 1. The van der Waals surface area contributed by atoms with Crippen LogP contribution in [0.3, 0.4) is 0 Å². The van der Waals surface area contributed by atoms with Crippen molar-refractivity contribution in [3.8, 4) is 5.88 Å². The van der Waals surface area contributed by atoms with Crippen LogP contribution in [0.4, 0.5) is 0 Å². The van der Waals surface area contributed by atoms with E-state index in [1.165, 1.54) is 6.92 Å². The van der Waals surface area contributed by atoms with Gasteiger partial charge in [0.05, 0.1) is 10.9 Å². The van der Waals surface area contributed by atoms with Crippen LogP contribution in [0.1, 0.15) is 25.0 Å². The molecule has 19 heavy (non-hydrogen) atoms. The highest BCUT2D eigenvalue weighted by atomic mass is 16.5. The van der Waals surface area contributed by atoms with Crippen LogP contribution in [-0.2, 0) is 11.2 Å². The number of nitrogens with zero attached hydrogens (tertiary/aromatic N) is 1. The van der Waals surface area contributed by atoms with Crippen molar-refractivity contribution >= 4 is 16.9 Å². The molecular formula is C14H19N3O2. The number of esters is 1. The second-order valence-electron chi connectivity index (χ2n) is 4.51. The van der Waals surface area contributed by atoms with Crippen LogP contribution in [0.2, 0.25) is 0 Å². The number of ether oxygens (including phenoxy) is 1. The quantitative estimate of drug-likeness (QED) is 0.637. The summed E-state index contributed by atoms with van der Waals surface area (Å²) in [6, 6.07) is 0. The van der Waals surface area contributed by atoms with E-state index in [9.17, 15) is 4.79 Å². The summed E-state index contributed by atoms with van der Waals surface area (Å²) in [6.07, 6.45) is 4.54. The molecule has 2 aromatic rings. The standard InChI is InChI=1S/C14H19N3O2/c1-4-15-6-5-11-8-16-13-9(2)7-17-14(12(11)13)19-10(3)18/h7-8,15-16H,4-6H2,1-3H3. The van der Waals surface area contributed by atoms with E-state index in [0.29, 0.717) is 5.88 Å². The van der Waals surface area contributed by atoms with E-state index in [-0.39, 0.29) is 5.97 Å². The number of H-pyrrole nitrogens is 1. The van der Waals surface area contributed by atoms with Crippen LogP contribution in [0.15, 0.2) is 12.4 Å². The normalized spacial score (nSPS) is 10.9. The lowest BCUT2D eigenvalue weighted by Crippen LogP contribution is -2.16. The molecule has 0 bridgehead atoms. The lowest BCUT2D eigenvalue weighted by molar-refractivity contribution is -0.132. The van der Waals surface area contributed by atoms with Crippen LogP contribution in [0.5, 0.6) is 5.88 Å². The topological polar surface area (TPSA) is 67.0 Å². The van der Waals surface area contributed by atoms with Crippen molar-refractivity contribution in [1.82, 2.24) is 15.3 Å². The highest BCUT2D eigenvalue weighted by molar-refractivity contribution is 5.91. The van der Waals surface area contributed by atoms with Gasteiger partial charge in [-0.2, -0.15) is 0 Å². The Morgan fingerprint density at radius 2 is 2.32 bits per heavy atom. The van der Waals surface area contributed by atoms with Gasteiger partial charge in [-0.1, -0.05) is 6.92 Å². The minimum absolute atomic E-state index is 0.350. The van der Waals surface area contributed by atoms with E-state index in [0.717, 1.165) is 41.5 Å². The van der Waals surface area contributed by atoms with Crippen LogP contribution in [0.25, 0.3) is 10.9 Å². The van der Waals surface area contributed by atoms with Gasteiger partial charge in [0.25, 0.3) is 0 Å². The molecule has 2 rings (SSSR count). The first-order chi connectivity index (χ1) is 9.13. The zero-order chi connectivity index (χ0) is 13.8. The summed E-state index contributed by atoms with van der Waals surface area (Å²) in [5.41, 5.74) is 3.14. The molecule has 0 radical (unpaired) electrons. The fraction of sp³-hybridized carbons (Fsp3) is 0.429. The summed E-state index contributed by atoms with van der Waals surface area (Å²) in [7, 11) is 0. The highest BCUT2D eigenvalue weighted by Crippen LogP contribution is 2.29. The number of hydrogen-bond acceptors (Lipinski definition) is 4. The van der Waals surface area contributed by atoms with Crippen molar-refractivity contribution < 1.29 is 9.53 Å². The third-order valence-corrected chi connectivity index (χ3v) is 3.01. The van der Waals surface area contributed by atoms with Gasteiger partial charge in [-0.15, -0.1) is 0 Å². The van der Waals surface area contributed by atoms with Crippen LogP contribution < -0.4 is 10.1 Å². The summed E-state index contributed by atoms with van der Waals surface area (Å²) in [6.45, 7) is 7.27. The molecule has 0 aliphatic carbocycles. The Hall–Kier alpha value is -1.88. The third kappa shape index (κ3) is 2.93. The van der Waals surface area contributed by atoms with Gasteiger partial charge in [-0.25, -0.2) is 4.98 Å². The Balaban J connectivity index is 2.41. The van der Waals surface area contributed by atoms with E-state index in [4.69, 9.17) is 4.74 Å². The molecule has 2 heterocycles. The number of fused-ring (bicyclic) bond motifs is 1. The molecule has 2 N–H and O–H groups in total. The number of likely N-dealkylation sites (N-methyl/N-ethyl adjacent to an activating group) is 1. The molecule has 0 atom stereocenters. The van der Waals surface area contributed by atoms with Crippen LogP contribution in [0, 0.1) is 6.92 Å². The maximum Gasteiger partial charge on any atom is 0.309 e. The van der Waals surface area contributed by atoms with E-state index in [1.54, 1.807) is 6.20 Å². The molecule has 0 aromatic carbocycles. The summed E-state index contributed by atoms with van der Waals surface area (Å²) in [5.74, 6) is 0.0392. The Morgan fingerprint density at radius 1 is 1.53 bits per heavy atom. The molecule has 0 saturated heterocycles. The van der Waals surface area contributed by atoms with Crippen molar-refractivity contribution in [3.63, 3.8) is 0 Å². The van der Waals surface area contributed by atoms with E-state index in [2.05, 4.69) is 22.2 Å². The van der Waals surface area contributed by atoms with Crippen molar-refractivity contribution in [2.75, 3.05) is 13.1 Å². The molecule has 0 fully saturated rings. The van der Waals surface area contributed by atoms with Crippen LogP contribution >= 0.6 is 0 Å². The van der Waals surface area contributed by atoms with E-state index in [1.807, 2.05) is 13.1 Å². The predicted molar refractivity (Wildman–Crippen MR) is 74.4 cm³/mol. The molecule has 0 saturated carbocycles. The fourth-order valence-corrected chi connectivity index (χ4v) is 2.11. The van der Waals surface area contributed by atoms with Gasteiger partial charge >= 0.3 is 5.97 Å². The third-order valence-electron chi connectivity index (χ3n) is 3.01. The minimum atomic E-state index is -0.350. The van der Waals surface area contributed by atoms with Gasteiger partial charge in [0, 0.05) is 19.3 Å². The van der Waals surface area contributed by atoms with Crippen LogP contribution in [-0.4, -0.2) is 29.0 Å². The van der Waals surface area contributed by atoms with Crippen molar-refractivity contribution in [2.45, 2.75) is 27.2 Å². The molecule has 0 spiro atoms. The Bertz CT molecular complexity index is 590. The average molecular weight is 261 g/mol. The smallest absolute Gasteiger partial charge is 0.309 e. The molecule has 0 aliphatic rings. The number of pyridine rings is 1. The van der Waals surface area contributed by atoms with E-state index < -0.39 is 0 Å².